The van der Waals surface area contributed by atoms with E-state index in [2.05, 4.69) is 10.6 Å². The summed E-state index contributed by atoms with van der Waals surface area (Å²) in [4.78, 5) is 37.5. The molecule has 6 nitrogen and oxygen atoms in total. The van der Waals surface area contributed by atoms with Gasteiger partial charge in [-0.15, -0.1) is 11.3 Å². The summed E-state index contributed by atoms with van der Waals surface area (Å²) < 4.78 is 5.10. The number of carbonyl (C=O) groups is 3. The fourth-order valence-electron chi connectivity index (χ4n) is 2.46. The number of furan rings is 1. The average molecular weight is 382 g/mol. The summed E-state index contributed by atoms with van der Waals surface area (Å²) in [5, 5.41) is 5.23. The molecule has 1 aromatic carbocycles. The minimum Gasteiger partial charge on any atom is -0.461 e. The van der Waals surface area contributed by atoms with Gasteiger partial charge >= 0.3 is 11.8 Å². The molecule has 0 aliphatic heterocycles. The summed E-state index contributed by atoms with van der Waals surface area (Å²) in [6.07, 6.45) is 1.44. The highest BCUT2D eigenvalue weighted by atomic mass is 32.1. The number of thiophene rings is 1. The van der Waals surface area contributed by atoms with Crippen LogP contribution < -0.4 is 10.6 Å². The van der Waals surface area contributed by atoms with Crippen molar-refractivity contribution in [2.75, 3.05) is 0 Å². The van der Waals surface area contributed by atoms with E-state index >= 15 is 0 Å². The van der Waals surface area contributed by atoms with E-state index < -0.39 is 11.8 Å². The topological polar surface area (TPSA) is 88.4 Å². The van der Waals surface area contributed by atoms with Crippen LogP contribution in [-0.2, 0) is 16.1 Å². The molecule has 2 aromatic heterocycles. The van der Waals surface area contributed by atoms with E-state index in [1.807, 2.05) is 37.3 Å². The van der Waals surface area contributed by atoms with Gasteiger partial charge in [0, 0.05) is 4.88 Å². The molecule has 2 N–H and O–H groups in total. The molecule has 1 atom stereocenters. The Kier molecular flexibility index (Phi) is 5.83. The number of benzene rings is 1. The Bertz CT molecular complexity index is 932. The van der Waals surface area contributed by atoms with Gasteiger partial charge in [-0.1, -0.05) is 30.3 Å². The maximum atomic E-state index is 12.2. The molecule has 7 heteroatoms. The number of hydrogen-bond donors (Lipinski definition) is 2. The third-order valence-corrected chi connectivity index (χ3v) is 4.99. The van der Waals surface area contributed by atoms with Gasteiger partial charge in [0.1, 0.15) is 0 Å². The highest BCUT2D eigenvalue weighted by molar-refractivity contribution is 7.14. The molecule has 0 spiro atoms. The van der Waals surface area contributed by atoms with E-state index in [9.17, 15) is 14.4 Å². The second-order valence-corrected chi connectivity index (χ2v) is 7.03. The molecule has 3 aromatic rings. The van der Waals surface area contributed by atoms with E-state index in [-0.39, 0.29) is 24.1 Å². The lowest BCUT2D eigenvalue weighted by molar-refractivity contribution is -0.139. The summed E-state index contributed by atoms with van der Waals surface area (Å²) in [5.74, 6) is -1.36. The number of amides is 2. The summed E-state index contributed by atoms with van der Waals surface area (Å²) in [6.45, 7) is 1.98. The lowest BCUT2D eigenvalue weighted by atomic mass is 10.1. The number of rotatable bonds is 6. The standard InChI is InChI=1S/C20H18N2O4S/c1-13(14-6-3-2-4-7-14)22-20(25)19(24)21-12-15-9-10-17(27-15)18(23)16-8-5-11-26-16/h2-11,13H,12H2,1H3,(H,21,24)(H,22,25). The van der Waals surface area contributed by atoms with Crippen LogP contribution in [0.3, 0.4) is 0 Å². The largest absolute Gasteiger partial charge is 0.461 e. The van der Waals surface area contributed by atoms with Crippen LogP contribution in [0.4, 0.5) is 0 Å². The molecule has 0 bridgehead atoms. The van der Waals surface area contributed by atoms with Crippen LogP contribution in [0.15, 0.2) is 65.3 Å². The Hall–Kier alpha value is -3.19. The van der Waals surface area contributed by atoms with Crippen LogP contribution >= 0.6 is 11.3 Å². The summed E-state index contributed by atoms with van der Waals surface area (Å²) in [5.41, 5.74) is 0.915. The predicted octanol–water partition coefficient (Wildman–Crippen LogP) is 3.07. The first-order chi connectivity index (χ1) is 13.0. The molecule has 2 heterocycles. The molecule has 1 unspecified atom stereocenters. The number of carbonyl (C=O) groups excluding carboxylic acids is 3. The van der Waals surface area contributed by atoms with Crippen molar-refractivity contribution < 1.29 is 18.8 Å². The van der Waals surface area contributed by atoms with Crippen LogP contribution in [0.5, 0.6) is 0 Å². The Morgan fingerprint density at radius 1 is 1.00 bits per heavy atom. The maximum Gasteiger partial charge on any atom is 0.309 e. The van der Waals surface area contributed by atoms with Gasteiger partial charge in [-0.25, -0.2) is 0 Å². The molecular weight excluding hydrogens is 364 g/mol. The van der Waals surface area contributed by atoms with Gasteiger partial charge in [-0.2, -0.15) is 0 Å². The highest BCUT2D eigenvalue weighted by Crippen LogP contribution is 2.20. The average Bonchev–Trinajstić information content (AvgIpc) is 3.38. The number of ketones is 1. The van der Waals surface area contributed by atoms with Crippen molar-refractivity contribution in [3.05, 3.63) is 81.9 Å². The molecule has 3 rings (SSSR count). The van der Waals surface area contributed by atoms with Crippen molar-refractivity contribution in [3.63, 3.8) is 0 Å². The van der Waals surface area contributed by atoms with Gasteiger partial charge in [0.25, 0.3) is 0 Å². The molecule has 0 fully saturated rings. The second kappa shape index (κ2) is 8.46. The number of hydrogen-bond acceptors (Lipinski definition) is 5. The first-order valence-electron chi connectivity index (χ1n) is 8.35. The van der Waals surface area contributed by atoms with E-state index in [4.69, 9.17) is 4.42 Å². The van der Waals surface area contributed by atoms with Gasteiger partial charge in [-0.05, 0) is 36.8 Å². The van der Waals surface area contributed by atoms with Crippen molar-refractivity contribution >= 4 is 28.9 Å². The SMILES string of the molecule is CC(NC(=O)C(=O)NCc1ccc(C(=O)c2ccco2)s1)c1ccccc1. The Morgan fingerprint density at radius 2 is 1.78 bits per heavy atom. The molecule has 27 heavy (non-hydrogen) atoms. The fourth-order valence-corrected chi connectivity index (χ4v) is 3.35. The first kappa shape index (κ1) is 18.6. The van der Waals surface area contributed by atoms with E-state index in [1.165, 1.54) is 17.6 Å². The van der Waals surface area contributed by atoms with E-state index in [0.29, 0.717) is 4.88 Å². The second-order valence-electron chi connectivity index (χ2n) is 5.86. The van der Waals surface area contributed by atoms with Gasteiger partial charge in [0.2, 0.25) is 5.78 Å². The van der Waals surface area contributed by atoms with E-state index in [0.717, 1.165) is 10.4 Å². The minimum atomic E-state index is -0.718. The van der Waals surface area contributed by atoms with Crippen molar-refractivity contribution in [3.8, 4) is 0 Å². The van der Waals surface area contributed by atoms with Crippen LogP contribution in [0.1, 0.15) is 38.8 Å². The first-order valence-corrected chi connectivity index (χ1v) is 9.17. The molecule has 138 valence electrons. The van der Waals surface area contributed by atoms with Crippen molar-refractivity contribution in [2.24, 2.45) is 0 Å². The Balaban J connectivity index is 1.52. The van der Waals surface area contributed by atoms with Gasteiger partial charge in [0.15, 0.2) is 5.76 Å². The quantitative estimate of drug-likeness (QED) is 0.507. The lowest BCUT2D eigenvalue weighted by Gasteiger charge is -2.13. The van der Waals surface area contributed by atoms with Crippen LogP contribution in [-0.4, -0.2) is 17.6 Å². The Morgan fingerprint density at radius 3 is 2.48 bits per heavy atom. The third kappa shape index (κ3) is 4.71. The molecule has 0 saturated heterocycles. The zero-order valence-corrected chi connectivity index (χ0v) is 15.4. The lowest BCUT2D eigenvalue weighted by Crippen LogP contribution is -2.40. The fraction of sp³-hybridized carbons (Fsp3) is 0.150. The van der Waals surface area contributed by atoms with E-state index in [1.54, 1.807) is 24.3 Å². The summed E-state index contributed by atoms with van der Waals surface area (Å²) in [7, 11) is 0. The molecule has 2 amide bonds. The molecular formula is C20H18N2O4S. The zero-order chi connectivity index (χ0) is 19.2. The molecule has 0 saturated carbocycles. The highest BCUT2D eigenvalue weighted by Gasteiger charge is 2.18. The van der Waals surface area contributed by atoms with Gasteiger partial charge in [-0.3, -0.25) is 14.4 Å². The maximum absolute atomic E-state index is 12.2. The smallest absolute Gasteiger partial charge is 0.309 e. The summed E-state index contributed by atoms with van der Waals surface area (Å²) >= 11 is 1.25. The predicted molar refractivity (Wildman–Crippen MR) is 101 cm³/mol. The van der Waals surface area contributed by atoms with Gasteiger partial charge < -0.3 is 15.1 Å². The van der Waals surface area contributed by atoms with Crippen molar-refractivity contribution in [1.29, 1.82) is 0 Å². The van der Waals surface area contributed by atoms with Crippen LogP contribution in [0.25, 0.3) is 0 Å². The minimum absolute atomic E-state index is 0.169. The molecule has 0 aliphatic rings. The van der Waals surface area contributed by atoms with Crippen LogP contribution in [0.2, 0.25) is 0 Å². The number of nitrogens with one attached hydrogen (secondary N) is 2. The molecule has 0 radical (unpaired) electrons. The third-order valence-electron chi connectivity index (χ3n) is 3.91. The Labute approximate surface area is 160 Å². The normalized spacial score (nSPS) is 11.6. The van der Waals surface area contributed by atoms with Crippen LogP contribution in [0, 0.1) is 0 Å². The van der Waals surface area contributed by atoms with Crippen molar-refractivity contribution in [2.45, 2.75) is 19.5 Å². The molecule has 0 aliphatic carbocycles. The monoisotopic (exact) mass is 382 g/mol. The van der Waals surface area contributed by atoms with Crippen molar-refractivity contribution in [1.82, 2.24) is 10.6 Å². The van der Waals surface area contributed by atoms with Gasteiger partial charge in [0.05, 0.1) is 23.7 Å². The zero-order valence-electron chi connectivity index (χ0n) is 14.6. The summed E-state index contributed by atoms with van der Waals surface area (Å²) in [6, 6.07) is 15.8.